The Morgan fingerprint density at radius 3 is 2.37 bits per heavy atom. The SMILES string of the molecule is CC(=O)C(C)[N+]1=C(CN2CC(C)OC(C)C2)N=C2C1C(=O)N(C)C(=O)N2C. The summed E-state index contributed by atoms with van der Waals surface area (Å²) in [6.07, 6.45) is 0.197. The zero-order chi connectivity index (χ0) is 20.0. The van der Waals surface area contributed by atoms with Gasteiger partial charge in [0.2, 0.25) is 0 Å². The van der Waals surface area contributed by atoms with Crippen molar-refractivity contribution in [3.05, 3.63) is 0 Å². The molecule has 0 saturated carbocycles. The number of nitrogens with zero attached hydrogens (tertiary/aromatic N) is 5. The average Bonchev–Trinajstić information content (AvgIpc) is 2.95. The van der Waals surface area contributed by atoms with Gasteiger partial charge in [-0.25, -0.2) is 9.37 Å². The van der Waals surface area contributed by atoms with Crippen LogP contribution in [0.25, 0.3) is 0 Å². The average molecular weight is 378 g/mol. The molecule has 4 unspecified atom stereocenters. The summed E-state index contributed by atoms with van der Waals surface area (Å²) >= 11 is 0. The van der Waals surface area contributed by atoms with Crippen LogP contribution in [-0.2, 0) is 14.3 Å². The van der Waals surface area contributed by atoms with Crippen LogP contribution in [0.5, 0.6) is 0 Å². The fourth-order valence-corrected chi connectivity index (χ4v) is 3.99. The number of likely N-dealkylation sites (N-methyl/N-ethyl adjacent to an activating group) is 2. The topological polar surface area (TPSA) is 85.5 Å². The van der Waals surface area contributed by atoms with Gasteiger partial charge in [0.25, 0.3) is 17.8 Å². The zero-order valence-corrected chi connectivity index (χ0v) is 16.8. The number of Topliss-reactive ketones (excluding diaryl/α,β-unsaturated/α-hetero) is 1. The summed E-state index contributed by atoms with van der Waals surface area (Å²) in [5.41, 5.74) is 0. The van der Waals surface area contributed by atoms with E-state index in [1.165, 1.54) is 18.9 Å². The van der Waals surface area contributed by atoms with Crippen LogP contribution in [0.1, 0.15) is 27.7 Å². The van der Waals surface area contributed by atoms with Crippen molar-refractivity contribution < 1.29 is 23.7 Å². The molecule has 9 nitrogen and oxygen atoms in total. The number of carbonyl (C=O) groups excluding carboxylic acids is 3. The van der Waals surface area contributed by atoms with Gasteiger partial charge < -0.3 is 4.74 Å². The van der Waals surface area contributed by atoms with Gasteiger partial charge in [0.15, 0.2) is 11.8 Å². The number of ketones is 1. The highest BCUT2D eigenvalue weighted by Gasteiger charge is 2.54. The first-order chi connectivity index (χ1) is 12.6. The van der Waals surface area contributed by atoms with Gasteiger partial charge in [-0.2, -0.15) is 0 Å². The number of urea groups is 1. The standard InChI is InChI=1S/C18H28N5O4/c1-10-7-22(8-11(2)27-10)9-14-19-16-15(23(14)12(3)13(4)24)17(25)21(6)18(26)20(16)5/h10-12,15H,7-9H2,1-6H3/q+1. The van der Waals surface area contributed by atoms with E-state index in [1.807, 2.05) is 13.8 Å². The molecule has 9 heteroatoms. The first kappa shape index (κ1) is 19.6. The third kappa shape index (κ3) is 3.41. The molecule has 0 spiro atoms. The third-order valence-electron chi connectivity index (χ3n) is 5.41. The normalized spacial score (nSPS) is 30.6. The summed E-state index contributed by atoms with van der Waals surface area (Å²) in [5.74, 6) is 0.620. The molecule has 3 rings (SSSR count). The van der Waals surface area contributed by atoms with E-state index in [-0.39, 0.29) is 23.9 Å². The largest absolute Gasteiger partial charge is 0.373 e. The maximum atomic E-state index is 12.8. The van der Waals surface area contributed by atoms with Crippen molar-refractivity contribution in [2.75, 3.05) is 33.7 Å². The lowest BCUT2D eigenvalue weighted by Gasteiger charge is -2.34. The molecule has 0 aromatic carbocycles. The summed E-state index contributed by atoms with van der Waals surface area (Å²) in [6, 6.07) is -1.68. The van der Waals surface area contributed by atoms with Crippen molar-refractivity contribution in [2.24, 2.45) is 4.99 Å². The first-order valence-corrected chi connectivity index (χ1v) is 9.28. The first-order valence-electron chi connectivity index (χ1n) is 9.28. The Morgan fingerprint density at radius 1 is 1.22 bits per heavy atom. The maximum absolute atomic E-state index is 12.8. The Morgan fingerprint density at radius 2 is 1.81 bits per heavy atom. The lowest BCUT2D eigenvalue weighted by atomic mass is 10.1. The minimum atomic E-state index is -0.748. The quantitative estimate of drug-likeness (QED) is 0.632. The number of rotatable bonds is 4. The molecule has 27 heavy (non-hydrogen) atoms. The maximum Gasteiger partial charge on any atom is 0.333 e. The van der Waals surface area contributed by atoms with Gasteiger partial charge in [-0.3, -0.25) is 24.3 Å². The molecule has 3 aliphatic rings. The van der Waals surface area contributed by atoms with Crippen LogP contribution in [0.4, 0.5) is 4.79 Å². The summed E-state index contributed by atoms with van der Waals surface area (Å²) in [5, 5.41) is 0. The molecule has 0 radical (unpaired) electrons. The Labute approximate surface area is 159 Å². The van der Waals surface area contributed by atoms with Crippen LogP contribution in [0.2, 0.25) is 0 Å². The fraction of sp³-hybridized carbons (Fsp3) is 0.722. The Bertz CT molecular complexity index is 736. The fourth-order valence-electron chi connectivity index (χ4n) is 3.99. The molecule has 0 aromatic heterocycles. The number of hydrogen-bond acceptors (Lipinski definition) is 6. The van der Waals surface area contributed by atoms with E-state index in [0.29, 0.717) is 18.2 Å². The second kappa shape index (κ2) is 7.12. The molecule has 0 bridgehead atoms. The molecule has 2 fully saturated rings. The molecule has 0 aromatic rings. The summed E-state index contributed by atoms with van der Waals surface area (Å²) in [4.78, 5) is 46.6. The zero-order valence-electron chi connectivity index (χ0n) is 16.8. The molecule has 3 aliphatic heterocycles. The van der Waals surface area contributed by atoms with E-state index in [9.17, 15) is 14.4 Å². The number of hydrogen-bond donors (Lipinski definition) is 0. The molecule has 148 valence electrons. The second-order valence-corrected chi connectivity index (χ2v) is 7.67. The highest BCUT2D eigenvalue weighted by molar-refractivity contribution is 6.23. The van der Waals surface area contributed by atoms with Crippen LogP contribution in [-0.4, -0.2) is 107 Å². The number of carbonyl (C=O) groups is 3. The number of aliphatic imine (C=N–C) groups is 1. The van der Waals surface area contributed by atoms with E-state index in [4.69, 9.17) is 4.74 Å². The van der Waals surface area contributed by atoms with Crippen molar-refractivity contribution >= 4 is 29.4 Å². The van der Waals surface area contributed by atoms with Crippen molar-refractivity contribution in [3.63, 3.8) is 0 Å². The third-order valence-corrected chi connectivity index (χ3v) is 5.41. The van der Waals surface area contributed by atoms with E-state index < -0.39 is 18.1 Å². The Kier molecular flexibility index (Phi) is 5.18. The molecule has 3 heterocycles. The van der Waals surface area contributed by atoms with Crippen molar-refractivity contribution in [1.82, 2.24) is 14.7 Å². The second-order valence-electron chi connectivity index (χ2n) is 7.67. The number of fused-ring (bicyclic) bond motifs is 1. The van der Waals surface area contributed by atoms with Crippen LogP contribution < -0.4 is 0 Å². The van der Waals surface area contributed by atoms with Crippen LogP contribution in [0.15, 0.2) is 4.99 Å². The van der Waals surface area contributed by atoms with E-state index in [2.05, 4.69) is 9.89 Å². The minimum Gasteiger partial charge on any atom is -0.373 e. The molecular weight excluding hydrogens is 350 g/mol. The smallest absolute Gasteiger partial charge is 0.333 e. The molecule has 0 aliphatic carbocycles. The van der Waals surface area contributed by atoms with E-state index >= 15 is 0 Å². The Hall–Kier alpha value is -2.13. The van der Waals surface area contributed by atoms with Crippen molar-refractivity contribution in [2.45, 2.75) is 52.0 Å². The molecular formula is C18H28N5O4+. The lowest BCUT2D eigenvalue weighted by Crippen LogP contribution is -2.63. The number of amidine groups is 2. The Balaban J connectivity index is 1.99. The van der Waals surface area contributed by atoms with Crippen LogP contribution >= 0.6 is 0 Å². The minimum absolute atomic E-state index is 0.0531. The molecule has 2 saturated heterocycles. The highest BCUT2D eigenvalue weighted by atomic mass is 16.5. The predicted octanol–water partition coefficient (Wildman–Crippen LogP) is -0.211. The number of amides is 3. The highest BCUT2D eigenvalue weighted by Crippen LogP contribution is 2.22. The lowest BCUT2D eigenvalue weighted by molar-refractivity contribution is -0.556. The van der Waals surface area contributed by atoms with Gasteiger partial charge in [0.1, 0.15) is 6.54 Å². The van der Waals surface area contributed by atoms with Crippen molar-refractivity contribution in [3.8, 4) is 0 Å². The van der Waals surface area contributed by atoms with E-state index in [1.54, 1.807) is 18.5 Å². The van der Waals surface area contributed by atoms with Crippen LogP contribution in [0.3, 0.4) is 0 Å². The molecule has 3 amide bonds. The van der Waals surface area contributed by atoms with E-state index in [0.717, 1.165) is 18.0 Å². The summed E-state index contributed by atoms with van der Waals surface area (Å²) < 4.78 is 7.55. The molecule has 4 atom stereocenters. The van der Waals surface area contributed by atoms with Gasteiger partial charge in [0.05, 0.1) is 12.2 Å². The number of ether oxygens (including phenoxy) is 1. The van der Waals surface area contributed by atoms with Gasteiger partial charge in [-0.05, 0) is 32.7 Å². The summed E-state index contributed by atoms with van der Waals surface area (Å²) in [7, 11) is 3.06. The monoisotopic (exact) mass is 378 g/mol. The van der Waals surface area contributed by atoms with Gasteiger partial charge in [0, 0.05) is 27.2 Å². The number of imide groups is 1. The molecule has 0 N–H and O–H groups in total. The number of morpholine rings is 1. The van der Waals surface area contributed by atoms with Gasteiger partial charge in [-0.1, -0.05) is 0 Å². The predicted molar refractivity (Wildman–Crippen MR) is 99.0 cm³/mol. The van der Waals surface area contributed by atoms with Crippen LogP contribution in [0, 0.1) is 0 Å². The summed E-state index contributed by atoms with van der Waals surface area (Å²) in [6.45, 7) is 9.31. The van der Waals surface area contributed by atoms with Crippen molar-refractivity contribution in [1.29, 1.82) is 0 Å². The van der Waals surface area contributed by atoms with Gasteiger partial charge in [-0.15, -0.1) is 0 Å². The van der Waals surface area contributed by atoms with Gasteiger partial charge >= 0.3 is 11.9 Å².